The molecular weight excluding hydrogens is 435 g/mol. The Morgan fingerprint density at radius 3 is 2.50 bits per heavy atom. The maximum atomic E-state index is 13.2. The van der Waals surface area contributed by atoms with Crippen molar-refractivity contribution in [1.82, 2.24) is 4.57 Å². The smallest absolute Gasteiger partial charge is 0.434 e. The molecule has 0 unspecified atom stereocenters. The number of alkyl halides is 2. The summed E-state index contributed by atoms with van der Waals surface area (Å²) in [5.74, 6) is -0.139. The molecule has 28 heavy (non-hydrogen) atoms. The van der Waals surface area contributed by atoms with Crippen LogP contribution in [0.4, 0.5) is 13.6 Å². The van der Waals surface area contributed by atoms with Crippen LogP contribution in [0, 0.1) is 0 Å². The zero-order chi connectivity index (χ0) is 20.4. The second-order valence-corrected chi connectivity index (χ2v) is 7.24. The van der Waals surface area contributed by atoms with Gasteiger partial charge in [0.05, 0.1) is 34.1 Å². The Morgan fingerprint density at radius 2 is 1.89 bits per heavy atom. The molecule has 0 N–H and O–H groups in total. The van der Waals surface area contributed by atoms with E-state index < -0.39 is 24.7 Å². The number of fused-ring (bicyclic) bond motifs is 1. The van der Waals surface area contributed by atoms with E-state index in [9.17, 15) is 18.4 Å². The minimum absolute atomic E-state index is 0.0518. The fraction of sp³-hybridized carbons (Fsp3) is 0.222. The van der Waals surface area contributed by atoms with E-state index >= 15 is 0 Å². The van der Waals surface area contributed by atoms with Crippen molar-refractivity contribution in [2.75, 3.05) is 6.61 Å². The van der Waals surface area contributed by atoms with Crippen molar-refractivity contribution in [2.45, 2.75) is 19.9 Å². The van der Waals surface area contributed by atoms with Crippen molar-refractivity contribution in [2.24, 2.45) is 0 Å². The average Bonchev–Trinajstić information content (AvgIpc) is 3.10. The van der Waals surface area contributed by atoms with E-state index in [0.29, 0.717) is 5.39 Å². The molecule has 10 heteroatoms. The van der Waals surface area contributed by atoms with E-state index in [1.807, 2.05) is 0 Å². The Hall–Kier alpha value is -2.16. The number of benzene rings is 1. The van der Waals surface area contributed by atoms with Gasteiger partial charge in [-0.3, -0.25) is 9.36 Å². The van der Waals surface area contributed by atoms with Crippen LogP contribution in [0.2, 0.25) is 10.0 Å². The van der Waals surface area contributed by atoms with Crippen LogP contribution in [0.5, 0.6) is 5.75 Å². The Morgan fingerprint density at radius 1 is 1.21 bits per heavy atom. The number of aromatic nitrogens is 1. The van der Waals surface area contributed by atoms with Gasteiger partial charge in [-0.25, -0.2) is 13.6 Å². The normalized spacial score (nSPS) is 11.2. The molecular formula is C18H13Cl2F2NO4S. The Balaban J connectivity index is 2.40. The first kappa shape index (κ1) is 20.6. The molecule has 3 rings (SSSR count). The molecule has 2 aromatic heterocycles. The van der Waals surface area contributed by atoms with Crippen LogP contribution in [-0.4, -0.2) is 23.8 Å². The lowest BCUT2D eigenvalue weighted by atomic mass is 10.0. The minimum atomic E-state index is -2.77. The van der Waals surface area contributed by atoms with Crippen molar-refractivity contribution >= 4 is 50.9 Å². The van der Waals surface area contributed by atoms with Crippen LogP contribution in [0.25, 0.3) is 21.3 Å². The van der Waals surface area contributed by atoms with Crippen molar-refractivity contribution in [3.8, 4) is 16.9 Å². The summed E-state index contributed by atoms with van der Waals surface area (Å²) in [7, 11) is 0. The fourth-order valence-electron chi connectivity index (χ4n) is 2.74. The molecule has 5 nitrogen and oxygen atoms in total. The number of carbonyl (C=O) groups excluding carboxylic acids is 1. The highest BCUT2D eigenvalue weighted by Crippen LogP contribution is 2.42. The second-order valence-electron chi connectivity index (χ2n) is 5.53. The topological polar surface area (TPSA) is 57.5 Å². The summed E-state index contributed by atoms with van der Waals surface area (Å²) in [4.78, 5) is 25.4. The number of carbonyl (C=O) groups is 1. The molecule has 2 heterocycles. The third-order valence-corrected chi connectivity index (χ3v) is 5.37. The quantitative estimate of drug-likeness (QED) is 0.461. The van der Waals surface area contributed by atoms with Crippen LogP contribution in [0.3, 0.4) is 0 Å². The first-order chi connectivity index (χ1) is 13.3. The summed E-state index contributed by atoms with van der Waals surface area (Å²) in [5.41, 5.74) is -0.897. The standard InChI is InChI=1S/C18H13Cl2F2NO4S/c1-2-26-18(25)27-15-9-6-7-28-17(9)23(8-12(21)22)16(24)14(15)13-10(19)4-3-5-11(13)20/h3-7,12H,2,8H2,1H3. The fourth-order valence-corrected chi connectivity index (χ4v) is 4.23. The molecule has 0 fully saturated rings. The molecule has 1 aromatic carbocycles. The molecule has 0 saturated carbocycles. The van der Waals surface area contributed by atoms with Crippen molar-refractivity contribution in [3.63, 3.8) is 0 Å². The van der Waals surface area contributed by atoms with Gasteiger partial charge >= 0.3 is 6.16 Å². The first-order valence-corrected chi connectivity index (χ1v) is 9.69. The summed E-state index contributed by atoms with van der Waals surface area (Å²) >= 11 is 13.5. The summed E-state index contributed by atoms with van der Waals surface area (Å²) in [6, 6.07) is 6.11. The average molecular weight is 448 g/mol. The summed E-state index contributed by atoms with van der Waals surface area (Å²) in [6.07, 6.45) is -3.81. The van der Waals surface area contributed by atoms with E-state index in [2.05, 4.69) is 0 Å². The number of halogens is 4. The van der Waals surface area contributed by atoms with Crippen molar-refractivity contribution in [3.05, 3.63) is 50.0 Å². The van der Waals surface area contributed by atoms with Gasteiger partial charge in [0.25, 0.3) is 12.0 Å². The molecule has 0 aliphatic carbocycles. The molecule has 0 atom stereocenters. The van der Waals surface area contributed by atoms with Gasteiger partial charge in [0.15, 0.2) is 5.75 Å². The van der Waals surface area contributed by atoms with Gasteiger partial charge in [0, 0.05) is 5.56 Å². The Labute approximate surface area is 172 Å². The SMILES string of the molecule is CCOC(=O)Oc1c(-c2c(Cl)cccc2Cl)c(=O)n(CC(F)F)c2sccc12. The van der Waals surface area contributed by atoms with Crippen molar-refractivity contribution in [1.29, 1.82) is 0 Å². The lowest BCUT2D eigenvalue weighted by molar-refractivity contribution is 0.104. The monoisotopic (exact) mass is 447 g/mol. The predicted octanol–water partition coefficient (Wildman–Crippen LogP) is 5.84. The zero-order valence-corrected chi connectivity index (χ0v) is 16.7. The maximum Gasteiger partial charge on any atom is 0.513 e. The maximum absolute atomic E-state index is 13.2. The largest absolute Gasteiger partial charge is 0.513 e. The molecule has 0 spiro atoms. The molecule has 148 valence electrons. The second kappa shape index (κ2) is 8.46. The summed E-state index contributed by atoms with van der Waals surface area (Å²) in [5, 5.41) is 2.11. The van der Waals surface area contributed by atoms with Gasteiger partial charge in [-0.05, 0) is 30.5 Å². The van der Waals surface area contributed by atoms with Crippen LogP contribution in [0.1, 0.15) is 6.92 Å². The zero-order valence-electron chi connectivity index (χ0n) is 14.4. The van der Waals surface area contributed by atoms with E-state index in [1.165, 1.54) is 12.1 Å². The minimum Gasteiger partial charge on any atom is -0.434 e. The van der Waals surface area contributed by atoms with E-state index in [-0.39, 0.29) is 38.4 Å². The number of thiophene rings is 1. The number of ether oxygens (including phenoxy) is 2. The molecule has 3 aromatic rings. The third-order valence-electron chi connectivity index (χ3n) is 3.80. The Kier molecular flexibility index (Phi) is 6.22. The van der Waals surface area contributed by atoms with Gasteiger partial charge in [0.2, 0.25) is 0 Å². The highest BCUT2D eigenvalue weighted by molar-refractivity contribution is 7.16. The summed E-state index contributed by atoms with van der Waals surface area (Å²) < 4.78 is 37.3. The van der Waals surface area contributed by atoms with Crippen LogP contribution < -0.4 is 10.3 Å². The van der Waals surface area contributed by atoms with Gasteiger partial charge in [0.1, 0.15) is 4.83 Å². The highest BCUT2D eigenvalue weighted by Gasteiger charge is 2.26. The van der Waals surface area contributed by atoms with E-state index in [4.69, 9.17) is 32.7 Å². The number of nitrogens with zero attached hydrogens (tertiary/aromatic N) is 1. The molecule has 0 aliphatic rings. The van der Waals surface area contributed by atoms with Crippen LogP contribution in [0.15, 0.2) is 34.4 Å². The van der Waals surface area contributed by atoms with E-state index in [0.717, 1.165) is 15.9 Å². The summed E-state index contributed by atoms with van der Waals surface area (Å²) in [6.45, 7) is 0.814. The number of hydrogen-bond acceptors (Lipinski definition) is 5. The molecule has 0 aliphatic heterocycles. The number of pyridine rings is 1. The lowest BCUT2D eigenvalue weighted by Crippen LogP contribution is -2.26. The van der Waals surface area contributed by atoms with Gasteiger partial charge in [-0.15, -0.1) is 11.3 Å². The molecule has 0 radical (unpaired) electrons. The molecule has 0 saturated heterocycles. The van der Waals surface area contributed by atoms with Gasteiger partial charge in [-0.1, -0.05) is 29.3 Å². The Bertz CT molecular complexity index is 1080. The third kappa shape index (κ3) is 3.85. The van der Waals surface area contributed by atoms with Gasteiger partial charge in [-0.2, -0.15) is 0 Å². The van der Waals surface area contributed by atoms with Gasteiger partial charge < -0.3 is 9.47 Å². The highest BCUT2D eigenvalue weighted by atomic mass is 35.5. The predicted molar refractivity (Wildman–Crippen MR) is 105 cm³/mol. The van der Waals surface area contributed by atoms with Crippen molar-refractivity contribution < 1.29 is 23.0 Å². The van der Waals surface area contributed by atoms with Crippen LogP contribution >= 0.6 is 34.5 Å². The van der Waals surface area contributed by atoms with E-state index in [1.54, 1.807) is 24.4 Å². The molecule has 0 amide bonds. The first-order valence-electron chi connectivity index (χ1n) is 8.06. The lowest BCUT2D eigenvalue weighted by Gasteiger charge is -2.16. The number of hydrogen-bond donors (Lipinski definition) is 0. The van der Waals surface area contributed by atoms with Crippen LogP contribution in [-0.2, 0) is 11.3 Å². The molecule has 0 bridgehead atoms. The number of rotatable bonds is 5.